The van der Waals surface area contributed by atoms with E-state index < -0.39 is 0 Å². The van der Waals surface area contributed by atoms with E-state index in [0.717, 1.165) is 50.1 Å². The van der Waals surface area contributed by atoms with Gasteiger partial charge in [0.1, 0.15) is 0 Å². The summed E-state index contributed by atoms with van der Waals surface area (Å²) < 4.78 is 18.2. The lowest BCUT2D eigenvalue weighted by Crippen LogP contribution is -1.88. The maximum Gasteiger partial charge on any atom is 0.228 e. The number of aromatic nitrogens is 6. The van der Waals surface area contributed by atoms with Crippen molar-refractivity contribution in [3.8, 4) is 67.7 Å². The fourth-order valence-corrected chi connectivity index (χ4v) is 6.30. The first-order chi connectivity index (χ1) is 25.2. The summed E-state index contributed by atoms with van der Waals surface area (Å²) in [5.41, 5.74) is 12.3. The zero-order chi connectivity index (χ0) is 33.7. The Kier molecular flexibility index (Phi) is 6.60. The lowest BCUT2D eigenvalue weighted by molar-refractivity contribution is 0.619. The number of rotatable bonds is 6. The van der Waals surface area contributed by atoms with E-state index in [1.165, 1.54) is 0 Å². The number of oxazole rings is 3. The van der Waals surface area contributed by atoms with E-state index in [1.807, 2.05) is 72.8 Å². The van der Waals surface area contributed by atoms with Crippen molar-refractivity contribution in [3.05, 3.63) is 146 Å². The number of fused-ring (bicyclic) bond motifs is 3. The molecule has 10 rings (SSSR count). The van der Waals surface area contributed by atoms with Crippen LogP contribution in [0.5, 0.6) is 0 Å². The van der Waals surface area contributed by atoms with Crippen molar-refractivity contribution in [1.29, 1.82) is 0 Å². The quantitative estimate of drug-likeness (QED) is 0.172. The van der Waals surface area contributed by atoms with Gasteiger partial charge in [0.15, 0.2) is 33.7 Å². The van der Waals surface area contributed by atoms with Crippen molar-refractivity contribution in [1.82, 2.24) is 29.9 Å². The Morgan fingerprint density at radius 2 is 0.588 bits per heavy atom. The summed E-state index contributed by atoms with van der Waals surface area (Å²) >= 11 is 0. The number of hydrogen-bond donors (Lipinski definition) is 0. The molecule has 9 nitrogen and oxygen atoms in total. The molecule has 51 heavy (non-hydrogen) atoms. The Hall–Kier alpha value is -7.26. The van der Waals surface area contributed by atoms with Crippen LogP contribution < -0.4 is 0 Å². The topological polar surface area (TPSA) is 117 Å². The largest absolute Gasteiger partial charge is 0.434 e. The molecule has 0 fully saturated rings. The first-order valence-corrected chi connectivity index (χ1v) is 16.3. The predicted molar refractivity (Wildman–Crippen MR) is 195 cm³/mol. The number of pyridine rings is 3. The molecule has 0 atom stereocenters. The first kappa shape index (κ1) is 28.7. The fraction of sp³-hybridized carbons (Fsp3) is 0. The lowest BCUT2D eigenvalue weighted by Gasteiger charge is -2.13. The molecule has 0 amide bonds. The molecule has 6 heterocycles. The monoisotopic (exact) mass is 660 g/mol. The van der Waals surface area contributed by atoms with Crippen LogP contribution in [0.25, 0.3) is 101 Å². The van der Waals surface area contributed by atoms with Crippen molar-refractivity contribution < 1.29 is 13.3 Å². The Morgan fingerprint density at radius 1 is 0.294 bits per heavy atom. The van der Waals surface area contributed by atoms with E-state index in [9.17, 15) is 0 Å². The molecule has 0 N–H and O–H groups in total. The predicted octanol–water partition coefficient (Wildman–Crippen LogP) is 10.3. The number of hydrogen-bond acceptors (Lipinski definition) is 9. The van der Waals surface area contributed by atoms with Crippen molar-refractivity contribution in [2.75, 3.05) is 0 Å². The molecule has 0 aliphatic heterocycles. The maximum atomic E-state index is 6.07. The highest BCUT2D eigenvalue weighted by atomic mass is 16.4. The van der Waals surface area contributed by atoms with Crippen molar-refractivity contribution in [3.63, 3.8) is 0 Å². The van der Waals surface area contributed by atoms with E-state index in [4.69, 9.17) is 13.3 Å². The third kappa shape index (κ3) is 5.30. The second-order valence-corrected chi connectivity index (χ2v) is 12.1. The molecular weight excluding hydrogens is 637 g/mol. The van der Waals surface area contributed by atoms with Gasteiger partial charge in [0.25, 0.3) is 0 Å². The van der Waals surface area contributed by atoms with Gasteiger partial charge in [-0.05, 0) is 124 Å². The van der Waals surface area contributed by atoms with E-state index >= 15 is 0 Å². The fourth-order valence-electron chi connectivity index (χ4n) is 6.30. The Bertz CT molecular complexity index is 2480. The highest BCUT2D eigenvalue weighted by Crippen LogP contribution is 2.37. The Labute approximate surface area is 290 Å². The molecule has 0 aliphatic rings. The zero-order valence-corrected chi connectivity index (χ0v) is 26.8. The first-order valence-electron chi connectivity index (χ1n) is 16.3. The molecule has 6 aromatic heterocycles. The van der Waals surface area contributed by atoms with Gasteiger partial charge < -0.3 is 13.3 Å². The molecule has 0 spiro atoms. The van der Waals surface area contributed by atoms with Gasteiger partial charge in [0, 0.05) is 35.3 Å². The number of nitrogens with zero attached hydrogens (tertiary/aromatic N) is 6. The van der Waals surface area contributed by atoms with E-state index in [2.05, 4.69) is 84.5 Å². The van der Waals surface area contributed by atoms with Crippen LogP contribution in [0.4, 0.5) is 0 Å². The van der Waals surface area contributed by atoms with Gasteiger partial charge in [0.05, 0.1) is 0 Å². The van der Waals surface area contributed by atoms with Gasteiger partial charge in [-0.3, -0.25) is 0 Å². The standard InChI is InChI=1S/C42H24N6O3/c1-7-25(19-28(10-1)40-46-37-34(49-40)13-4-16-43-37)31-22-32(26-8-2-11-29(20-26)41-47-38-35(50-41)14-5-17-44-38)24-33(23-31)27-9-3-12-30(21-27)42-48-39-36(51-42)15-6-18-45-39/h1-24H. The average molecular weight is 661 g/mol. The van der Waals surface area contributed by atoms with E-state index in [-0.39, 0.29) is 0 Å². The molecule has 0 unspecified atom stereocenters. The molecule has 0 bridgehead atoms. The molecule has 0 aliphatic carbocycles. The van der Waals surface area contributed by atoms with Gasteiger partial charge in [0.2, 0.25) is 17.7 Å². The van der Waals surface area contributed by atoms with E-state index in [0.29, 0.717) is 51.4 Å². The molecule has 0 saturated heterocycles. The summed E-state index contributed by atoms with van der Waals surface area (Å²) in [6.45, 7) is 0. The molecule has 9 heteroatoms. The van der Waals surface area contributed by atoms with Crippen molar-refractivity contribution >= 4 is 33.7 Å². The maximum absolute atomic E-state index is 6.07. The minimum absolute atomic E-state index is 0.517. The lowest BCUT2D eigenvalue weighted by atomic mass is 9.92. The average Bonchev–Trinajstić information content (AvgIpc) is 3.95. The second-order valence-electron chi connectivity index (χ2n) is 12.1. The summed E-state index contributed by atoms with van der Waals surface area (Å²) in [4.78, 5) is 27.0. The van der Waals surface area contributed by atoms with Crippen LogP contribution in [0, 0.1) is 0 Å². The molecule has 4 aromatic carbocycles. The third-order valence-electron chi connectivity index (χ3n) is 8.76. The number of benzene rings is 4. The van der Waals surface area contributed by atoms with Gasteiger partial charge in [-0.25, -0.2) is 15.0 Å². The minimum Gasteiger partial charge on any atom is -0.434 e. The van der Waals surface area contributed by atoms with Crippen LogP contribution in [-0.4, -0.2) is 29.9 Å². The van der Waals surface area contributed by atoms with Crippen LogP contribution >= 0.6 is 0 Å². The van der Waals surface area contributed by atoms with Crippen molar-refractivity contribution in [2.45, 2.75) is 0 Å². The summed E-state index contributed by atoms with van der Waals surface area (Å²) in [6.07, 6.45) is 5.14. The summed E-state index contributed by atoms with van der Waals surface area (Å²) in [6, 6.07) is 42.3. The summed E-state index contributed by atoms with van der Waals surface area (Å²) in [5.74, 6) is 1.55. The highest BCUT2D eigenvalue weighted by molar-refractivity contribution is 5.85. The molecular formula is C42H24N6O3. The summed E-state index contributed by atoms with van der Waals surface area (Å²) in [7, 11) is 0. The zero-order valence-electron chi connectivity index (χ0n) is 26.8. The highest BCUT2D eigenvalue weighted by Gasteiger charge is 2.15. The molecule has 0 saturated carbocycles. The molecule has 10 aromatic rings. The van der Waals surface area contributed by atoms with Crippen molar-refractivity contribution in [2.24, 2.45) is 0 Å². The minimum atomic E-state index is 0.517. The van der Waals surface area contributed by atoms with Gasteiger partial charge in [-0.2, -0.15) is 15.0 Å². The van der Waals surface area contributed by atoms with Gasteiger partial charge in [-0.15, -0.1) is 0 Å². The van der Waals surface area contributed by atoms with Crippen LogP contribution in [0.15, 0.2) is 159 Å². The van der Waals surface area contributed by atoms with Crippen LogP contribution in [0.2, 0.25) is 0 Å². The Morgan fingerprint density at radius 3 is 0.902 bits per heavy atom. The molecule has 240 valence electrons. The van der Waals surface area contributed by atoms with Gasteiger partial charge >= 0.3 is 0 Å². The van der Waals surface area contributed by atoms with Crippen LogP contribution in [0.1, 0.15) is 0 Å². The second kappa shape index (κ2) is 11.7. The van der Waals surface area contributed by atoms with Gasteiger partial charge in [-0.1, -0.05) is 36.4 Å². The smallest absolute Gasteiger partial charge is 0.228 e. The van der Waals surface area contributed by atoms with E-state index in [1.54, 1.807) is 18.6 Å². The normalized spacial score (nSPS) is 11.5. The summed E-state index contributed by atoms with van der Waals surface area (Å²) in [5, 5.41) is 0. The van der Waals surface area contributed by atoms with Crippen LogP contribution in [0.3, 0.4) is 0 Å². The Balaban J connectivity index is 1.11. The third-order valence-corrected chi connectivity index (χ3v) is 8.76. The van der Waals surface area contributed by atoms with Crippen LogP contribution in [-0.2, 0) is 0 Å². The SMILES string of the molecule is c1cc(-c2cc(-c3cccc(-c4nc5ncccc5o4)c3)cc(-c3cccc(-c4nc5ncccc5o4)c3)c2)cc(-c2nc3ncccc3o2)c1. The molecule has 0 radical (unpaired) electrons.